The summed E-state index contributed by atoms with van der Waals surface area (Å²) in [7, 11) is 0. The molecule has 2 heterocycles. The molecule has 3 rings (SSSR count). The summed E-state index contributed by atoms with van der Waals surface area (Å²) in [5, 5.41) is 9.43. The zero-order valence-corrected chi connectivity index (χ0v) is 14.0. The van der Waals surface area contributed by atoms with E-state index in [0.29, 0.717) is 37.7 Å². The van der Waals surface area contributed by atoms with Gasteiger partial charge in [0, 0.05) is 32.7 Å². The first-order valence-electron chi connectivity index (χ1n) is 7.87. The van der Waals surface area contributed by atoms with Gasteiger partial charge in [-0.1, -0.05) is 12.1 Å². The fourth-order valence-electron chi connectivity index (χ4n) is 2.88. The molecule has 0 aliphatic carbocycles. The number of primary amides is 1. The molecule has 1 saturated heterocycles. The fourth-order valence-corrected chi connectivity index (χ4v) is 3.95. The lowest BCUT2D eigenvalue weighted by atomic mass is 10.1. The molecule has 1 fully saturated rings. The summed E-state index contributed by atoms with van der Waals surface area (Å²) in [6.45, 7) is 3.10. The largest absolute Gasteiger partial charge is 0.395 e. The van der Waals surface area contributed by atoms with Gasteiger partial charge in [-0.25, -0.2) is 4.98 Å². The van der Waals surface area contributed by atoms with Crippen LogP contribution < -0.4 is 5.73 Å². The maximum Gasteiger partial charge on any atom is 0.242 e. The first-order chi connectivity index (χ1) is 11.6. The number of fused-ring (bicyclic) bond motifs is 1. The molecule has 0 radical (unpaired) electrons. The SMILES string of the molecule is NC(=O)[C@@H](C(=O)N1CCN(CCO)CC1)c1nc2ccccc2s1. The number of carbonyl (C=O) groups is 2. The van der Waals surface area contributed by atoms with Crippen molar-refractivity contribution >= 4 is 33.4 Å². The van der Waals surface area contributed by atoms with Crippen LogP contribution in [0.5, 0.6) is 0 Å². The smallest absolute Gasteiger partial charge is 0.242 e. The van der Waals surface area contributed by atoms with Gasteiger partial charge in [0.15, 0.2) is 5.92 Å². The number of amides is 2. The van der Waals surface area contributed by atoms with Crippen LogP contribution in [-0.4, -0.2) is 71.0 Å². The second-order valence-corrected chi connectivity index (χ2v) is 6.81. The van der Waals surface area contributed by atoms with Crippen LogP contribution in [0.15, 0.2) is 24.3 Å². The van der Waals surface area contributed by atoms with Crippen LogP contribution in [0, 0.1) is 0 Å². The molecule has 1 aliphatic heterocycles. The zero-order valence-electron chi connectivity index (χ0n) is 13.2. The van der Waals surface area contributed by atoms with Gasteiger partial charge in [-0.05, 0) is 12.1 Å². The van der Waals surface area contributed by atoms with Gasteiger partial charge in [0.1, 0.15) is 5.01 Å². The molecule has 24 heavy (non-hydrogen) atoms. The minimum Gasteiger partial charge on any atom is -0.395 e. The lowest BCUT2D eigenvalue weighted by Crippen LogP contribution is -2.51. The minimum atomic E-state index is -1.04. The van der Waals surface area contributed by atoms with Crippen molar-refractivity contribution < 1.29 is 14.7 Å². The minimum absolute atomic E-state index is 0.101. The molecule has 3 N–H and O–H groups in total. The van der Waals surface area contributed by atoms with E-state index in [9.17, 15) is 9.59 Å². The van der Waals surface area contributed by atoms with E-state index in [1.807, 2.05) is 24.3 Å². The number of aliphatic hydroxyl groups excluding tert-OH is 1. The Bertz CT molecular complexity index is 707. The number of aliphatic hydroxyl groups is 1. The van der Waals surface area contributed by atoms with E-state index in [1.54, 1.807) is 4.90 Å². The molecule has 7 nitrogen and oxygen atoms in total. The van der Waals surface area contributed by atoms with Gasteiger partial charge in [0.05, 0.1) is 16.8 Å². The Morgan fingerprint density at radius 2 is 1.96 bits per heavy atom. The highest BCUT2D eigenvalue weighted by molar-refractivity contribution is 7.18. The van der Waals surface area contributed by atoms with Crippen molar-refractivity contribution in [3.8, 4) is 0 Å². The van der Waals surface area contributed by atoms with Crippen LogP contribution in [0.4, 0.5) is 0 Å². The lowest BCUT2D eigenvalue weighted by Gasteiger charge is -2.35. The van der Waals surface area contributed by atoms with E-state index in [4.69, 9.17) is 10.8 Å². The second-order valence-electron chi connectivity index (χ2n) is 5.75. The highest BCUT2D eigenvalue weighted by Crippen LogP contribution is 2.29. The first kappa shape index (κ1) is 16.8. The average molecular weight is 348 g/mol. The van der Waals surface area contributed by atoms with E-state index < -0.39 is 11.8 Å². The number of rotatable bonds is 5. The number of carbonyl (C=O) groups excluding carboxylic acids is 2. The summed E-state index contributed by atoms with van der Waals surface area (Å²) in [6.07, 6.45) is 0. The van der Waals surface area contributed by atoms with Crippen molar-refractivity contribution in [1.29, 1.82) is 0 Å². The lowest BCUT2D eigenvalue weighted by molar-refractivity contribution is -0.138. The Labute approximate surface area is 143 Å². The van der Waals surface area contributed by atoms with E-state index in [2.05, 4.69) is 9.88 Å². The van der Waals surface area contributed by atoms with E-state index >= 15 is 0 Å². The third kappa shape index (κ3) is 3.40. The summed E-state index contributed by atoms with van der Waals surface area (Å²) < 4.78 is 0.930. The molecule has 1 aromatic heterocycles. The van der Waals surface area contributed by atoms with Crippen molar-refractivity contribution in [2.24, 2.45) is 5.73 Å². The number of piperazine rings is 1. The Morgan fingerprint density at radius 1 is 1.25 bits per heavy atom. The number of hydrogen-bond donors (Lipinski definition) is 2. The van der Waals surface area contributed by atoms with Crippen LogP contribution in [0.25, 0.3) is 10.2 Å². The predicted molar refractivity (Wildman–Crippen MR) is 91.7 cm³/mol. The van der Waals surface area contributed by atoms with Crippen molar-refractivity contribution in [3.63, 3.8) is 0 Å². The number of nitrogens with two attached hydrogens (primary N) is 1. The topological polar surface area (TPSA) is 99.8 Å². The number of nitrogens with zero attached hydrogens (tertiary/aromatic N) is 3. The van der Waals surface area contributed by atoms with Gasteiger partial charge < -0.3 is 15.7 Å². The molecule has 0 bridgehead atoms. The van der Waals surface area contributed by atoms with E-state index in [0.717, 1.165) is 10.2 Å². The Balaban J connectivity index is 1.78. The Morgan fingerprint density at radius 3 is 2.58 bits per heavy atom. The van der Waals surface area contributed by atoms with Gasteiger partial charge in [0.2, 0.25) is 11.8 Å². The van der Waals surface area contributed by atoms with E-state index in [-0.39, 0.29) is 12.5 Å². The molecule has 1 aliphatic rings. The molecule has 8 heteroatoms. The highest BCUT2D eigenvalue weighted by atomic mass is 32.1. The highest BCUT2D eigenvalue weighted by Gasteiger charge is 2.34. The average Bonchev–Trinajstić information content (AvgIpc) is 2.98. The third-order valence-corrected chi connectivity index (χ3v) is 5.29. The molecule has 0 unspecified atom stereocenters. The van der Waals surface area contributed by atoms with Gasteiger partial charge in [-0.2, -0.15) is 0 Å². The predicted octanol–water partition coefficient (Wildman–Crippen LogP) is 0.00170. The zero-order chi connectivity index (χ0) is 17.1. The van der Waals surface area contributed by atoms with Gasteiger partial charge in [0.25, 0.3) is 0 Å². The van der Waals surface area contributed by atoms with Crippen LogP contribution in [0.2, 0.25) is 0 Å². The maximum atomic E-state index is 12.8. The monoisotopic (exact) mass is 348 g/mol. The van der Waals surface area contributed by atoms with Gasteiger partial charge in [-0.3, -0.25) is 14.5 Å². The van der Waals surface area contributed by atoms with Gasteiger partial charge in [-0.15, -0.1) is 11.3 Å². The number of hydrogen-bond acceptors (Lipinski definition) is 6. The Kier molecular flexibility index (Phi) is 5.08. The molecular formula is C16H20N4O3S. The molecule has 2 amide bonds. The quantitative estimate of drug-likeness (QED) is 0.741. The van der Waals surface area contributed by atoms with Gasteiger partial charge >= 0.3 is 0 Å². The molecule has 0 saturated carbocycles. The van der Waals surface area contributed by atoms with Crippen molar-refractivity contribution in [2.45, 2.75) is 5.92 Å². The van der Waals surface area contributed by atoms with Crippen molar-refractivity contribution in [3.05, 3.63) is 29.3 Å². The summed E-state index contributed by atoms with van der Waals surface area (Å²) in [5.74, 6) is -1.99. The summed E-state index contributed by atoms with van der Waals surface area (Å²) in [6, 6.07) is 7.53. The van der Waals surface area contributed by atoms with Crippen LogP contribution >= 0.6 is 11.3 Å². The number of para-hydroxylation sites is 1. The number of benzene rings is 1. The van der Waals surface area contributed by atoms with Crippen LogP contribution in [-0.2, 0) is 9.59 Å². The molecule has 128 valence electrons. The molecule has 0 spiro atoms. The number of thiazole rings is 1. The molecule has 2 aromatic rings. The molecule has 1 atom stereocenters. The van der Waals surface area contributed by atoms with E-state index in [1.165, 1.54) is 11.3 Å². The number of aromatic nitrogens is 1. The molecule has 1 aromatic carbocycles. The first-order valence-corrected chi connectivity index (χ1v) is 8.68. The van der Waals surface area contributed by atoms with Crippen molar-refractivity contribution in [2.75, 3.05) is 39.3 Å². The van der Waals surface area contributed by atoms with Crippen LogP contribution in [0.3, 0.4) is 0 Å². The fraction of sp³-hybridized carbons (Fsp3) is 0.438. The third-order valence-electron chi connectivity index (χ3n) is 4.19. The maximum absolute atomic E-state index is 12.8. The summed E-state index contributed by atoms with van der Waals surface area (Å²) >= 11 is 1.33. The second kappa shape index (κ2) is 7.25. The molecular weight excluding hydrogens is 328 g/mol. The number of β-amino-alcohol motifs (C(OH)–C–C–N with tert-alkyl or cyclic N) is 1. The Hall–Kier alpha value is -2.03. The normalized spacial score (nSPS) is 17.1. The standard InChI is InChI=1S/C16H20N4O3S/c17-14(22)13(15-18-11-3-1-2-4-12(11)24-15)16(23)20-7-5-19(6-8-20)9-10-21/h1-4,13,21H,5-10H2,(H2,17,22)/t13-/m1/s1. The van der Waals surface area contributed by atoms with Crippen LogP contribution in [0.1, 0.15) is 10.9 Å². The van der Waals surface area contributed by atoms with Crippen molar-refractivity contribution in [1.82, 2.24) is 14.8 Å². The summed E-state index contributed by atoms with van der Waals surface area (Å²) in [4.78, 5) is 32.9. The summed E-state index contributed by atoms with van der Waals surface area (Å²) in [5.41, 5.74) is 6.28.